The molecule has 0 spiro atoms. The lowest BCUT2D eigenvalue weighted by Crippen LogP contribution is -1.91. The van der Waals surface area contributed by atoms with Gasteiger partial charge in [-0.1, -0.05) is 0 Å². The smallest absolute Gasteiger partial charge is 0.177 e. The summed E-state index contributed by atoms with van der Waals surface area (Å²) in [6.07, 6.45) is 3.37. The first kappa shape index (κ1) is 12.0. The summed E-state index contributed by atoms with van der Waals surface area (Å²) in [7, 11) is 0. The van der Waals surface area contributed by atoms with Gasteiger partial charge in [-0.15, -0.1) is 0 Å². The van der Waals surface area contributed by atoms with Crippen molar-refractivity contribution < 1.29 is 4.39 Å². The minimum Gasteiger partial charge on any atom is -0.343 e. The molecule has 3 heterocycles. The summed E-state index contributed by atoms with van der Waals surface area (Å²) < 4.78 is 13.2. The van der Waals surface area contributed by atoms with Crippen LogP contribution in [0.15, 0.2) is 42.9 Å². The lowest BCUT2D eigenvalue weighted by molar-refractivity contribution is 0.629. The quantitative estimate of drug-likeness (QED) is 0.578. The molecule has 0 fully saturated rings. The molecule has 102 valence electrons. The number of rotatable bonds is 1. The van der Waals surface area contributed by atoms with E-state index in [1.807, 2.05) is 19.1 Å². The monoisotopic (exact) mass is 278 g/mol. The molecule has 0 aliphatic heterocycles. The van der Waals surface area contributed by atoms with Crippen LogP contribution >= 0.6 is 0 Å². The zero-order chi connectivity index (χ0) is 14.4. The first-order valence-electron chi connectivity index (χ1n) is 6.57. The van der Waals surface area contributed by atoms with Gasteiger partial charge < -0.3 is 4.98 Å². The minimum absolute atomic E-state index is 0.278. The van der Waals surface area contributed by atoms with Crippen LogP contribution in [-0.4, -0.2) is 19.9 Å². The average Bonchev–Trinajstić information content (AvgIpc) is 2.93. The van der Waals surface area contributed by atoms with Crippen LogP contribution in [0.5, 0.6) is 0 Å². The number of hydrogen-bond acceptors (Lipinski definition) is 3. The largest absolute Gasteiger partial charge is 0.343 e. The summed E-state index contributed by atoms with van der Waals surface area (Å²) in [4.78, 5) is 16.0. The van der Waals surface area contributed by atoms with Gasteiger partial charge in [0.1, 0.15) is 5.82 Å². The van der Waals surface area contributed by atoms with E-state index in [1.54, 1.807) is 18.6 Å². The van der Waals surface area contributed by atoms with Crippen molar-refractivity contribution in [2.45, 2.75) is 6.92 Å². The molecule has 5 heteroatoms. The van der Waals surface area contributed by atoms with Gasteiger partial charge >= 0.3 is 0 Å². The van der Waals surface area contributed by atoms with E-state index in [0.717, 1.165) is 27.7 Å². The van der Waals surface area contributed by atoms with Crippen molar-refractivity contribution in [3.63, 3.8) is 0 Å². The van der Waals surface area contributed by atoms with E-state index in [4.69, 9.17) is 0 Å². The number of hydrogen-bond donors (Lipinski definition) is 1. The fourth-order valence-electron chi connectivity index (χ4n) is 2.49. The van der Waals surface area contributed by atoms with Crippen LogP contribution in [0.4, 0.5) is 4.39 Å². The van der Waals surface area contributed by atoms with E-state index in [0.29, 0.717) is 11.2 Å². The molecule has 0 saturated carbocycles. The summed E-state index contributed by atoms with van der Waals surface area (Å²) >= 11 is 0. The summed E-state index contributed by atoms with van der Waals surface area (Å²) in [5, 5.41) is 0.901. The van der Waals surface area contributed by atoms with Gasteiger partial charge in [0.15, 0.2) is 5.65 Å². The molecule has 0 aliphatic carbocycles. The molecule has 1 aromatic carbocycles. The molecule has 21 heavy (non-hydrogen) atoms. The number of aromatic amines is 1. The second-order valence-corrected chi connectivity index (χ2v) is 4.96. The Morgan fingerprint density at radius 3 is 2.90 bits per heavy atom. The summed E-state index contributed by atoms with van der Waals surface area (Å²) in [5.74, 6) is -0.278. The van der Waals surface area contributed by atoms with Gasteiger partial charge in [-0.3, -0.25) is 4.98 Å². The lowest BCUT2D eigenvalue weighted by atomic mass is 10.0. The Morgan fingerprint density at radius 1 is 1.10 bits per heavy atom. The minimum atomic E-state index is -0.278. The molecule has 0 saturated heterocycles. The van der Waals surface area contributed by atoms with E-state index in [1.165, 1.54) is 12.1 Å². The lowest BCUT2D eigenvalue weighted by Gasteiger charge is -2.06. The van der Waals surface area contributed by atoms with Gasteiger partial charge in [0.25, 0.3) is 0 Å². The van der Waals surface area contributed by atoms with Crippen molar-refractivity contribution in [1.82, 2.24) is 19.9 Å². The number of imidazole rings is 1. The zero-order valence-corrected chi connectivity index (χ0v) is 11.3. The van der Waals surface area contributed by atoms with Crippen molar-refractivity contribution in [2.24, 2.45) is 0 Å². The third kappa shape index (κ3) is 1.94. The van der Waals surface area contributed by atoms with Gasteiger partial charge in [0.05, 0.1) is 17.4 Å². The number of halogens is 1. The molecule has 0 unspecified atom stereocenters. The molecule has 0 aliphatic rings. The molecule has 1 N–H and O–H groups in total. The number of aryl methyl sites for hydroxylation is 1. The SMILES string of the molecule is Cc1nc2nc[nH]c2cc1-c1cnc2cc(F)ccc2c1. The second kappa shape index (κ2) is 4.34. The number of nitrogens with zero attached hydrogens (tertiary/aromatic N) is 3. The molecular weight excluding hydrogens is 267 g/mol. The standard InChI is InChI=1S/C16H11FN4/c1-9-13(6-15-16(21-9)20-8-19-15)11-4-10-2-3-12(17)5-14(10)18-7-11/h2-8H,1H3,(H,19,20,21). The highest BCUT2D eigenvalue weighted by Crippen LogP contribution is 2.27. The molecule has 0 radical (unpaired) electrons. The van der Waals surface area contributed by atoms with Crippen molar-refractivity contribution >= 4 is 22.1 Å². The first-order chi connectivity index (χ1) is 10.2. The third-order valence-corrected chi connectivity index (χ3v) is 3.56. The Kier molecular flexibility index (Phi) is 2.47. The Bertz CT molecular complexity index is 975. The van der Waals surface area contributed by atoms with E-state index in [9.17, 15) is 4.39 Å². The highest BCUT2D eigenvalue weighted by atomic mass is 19.1. The number of fused-ring (bicyclic) bond motifs is 2. The fourth-order valence-corrected chi connectivity index (χ4v) is 2.49. The Hall–Kier alpha value is -2.82. The van der Waals surface area contributed by atoms with Crippen LogP contribution in [0.2, 0.25) is 0 Å². The van der Waals surface area contributed by atoms with E-state index >= 15 is 0 Å². The van der Waals surface area contributed by atoms with Crippen LogP contribution in [0.3, 0.4) is 0 Å². The number of nitrogens with one attached hydrogen (secondary N) is 1. The Balaban J connectivity index is 1.94. The molecular formula is C16H11FN4. The Labute approximate surface area is 119 Å². The van der Waals surface area contributed by atoms with E-state index in [-0.39, 0.29) is 5.82 Å². The maximum absolute atomic E-state index is 13.2. The van der Waals surface area contributed by atoms with E-state index < -0.39 is 0 Å². The Morgan fingerprint density at radius 2 is 2.00 bits per heavy atom. The van der Waals surface area contributed by atoms with Crippen LogP contribution < -0.4 is 0 Å². The molecule has 4 aromatic rings. The molecule has 4 rings (SSSR count). The van der Waals surface area contributed by atoms with Gasteiger partial charge in [-0.2, -0.15) is 0 Å². The summed E-state index contributed by atoms with van der Waals surface area (Å²) in [5.41, 5.74) is 5.06. The number of benzene rings is 1. The zero-order valence-electron chi connectivity index (χ0n) is 11.3. The topological polar surface area (TPSA) is 54.5 Å². The number of H-pyrrole nitrogens is 1. The number of aromatic nitrogens is 4. The van der Waals surface area contributed by atoms with Gasteiger partial charge in [-0.05, 0) is 31.2 Å². The van der Waals surface area contributed by atoms with E-state index in [2.05, 4.69) is 19.9 Å². The maximum atomic E-state index is 13.2. The van der Waals surface area contributed by atoms with Crippen LogP contribution in [0.1, 0.15) is 5.69 Å². The average molecular weight is 278 g/mol. The second-order valence-electron chi connectivity index (χ2n) is 4.96. The number of pyridine rings is 2. The highest BCUT2D eigenvalue weighted by molar-refractivity contribution is 5.86. The summed E-state index contributed by atoms with van der Waals surface area (Å²) in [6, 6.07) is 8.61. The van der Waals surface area contributed by atoms with Gasteiger partial charge in [0.2, 0.25) is 0 Å². The fraction of sp³-hybridized carbons (Fsp3) is 0.0625. The predicted octanol–water partition coefficient (Wildman–Crippen LogP) is 3.62. The molecule has 3 aromatic heterocycles. The third-order valence-electron chi connectivity index (χ3n) is 3.56. The van der Waals surface area contributed by atoms with Gasteiger partial charge in [0, 0.05) is 34.5 Å². The maximum Gasteiger partial charge on any atom is 0.177 e. The van der Waals surface area contributed by atoms with Crippen molar-refractivity contribution in [3.8, 4) is 11.1 Å². The predicted molar refractivity (Wildman–Crippen MR) is 79.3 cm³/mol. The first-order valence-corrected chi connectivity index (χ1v) is 6.57. The van der Waals surface area contributed by atoms with Gasteiger partial charge in [-0.25, -0.2) is 14.4 Å². The van der Waals surface area contributed by atoms with Crippen molar-refractivity contribution in [2.75, 3.05) is 0 Å². The van der Waals surface area contributed by atoms with Crippen LogP contribution in [0, 0.1) is 12.7 Å². The molecule has 0 amide bonds. The molecule has 0 bridgehead atoms. The van der Waals surface area contributed by atoms with Crippen LogP contribution in [-0.2, 0) is 0 Å². The highest BCUT2D eigenvalue weighted by Gasteiger charge is 2.09. The molecule has 4 nitrogen and oxygen atoms in total. The van der Waals surface area contributed by atoms with Crippen molar-refractivity contribution in [1.29, 1.82) is 0 Å². The molecule has 0 atom stereocenters. The summed E-state index contributed by atoms with van der Waals surface area (Å²) in [6.45, 7) is 1.94. The van der Waals surface area contributed by atoms with Crippen molar-refractivity contribution in [3.05, 3.63) is 54.4 Å². The normalized spacial score (nSPS) is 11.3. The van der Waals surface area contributed by atoms with Crippen LogP contribution in [0.25, 0.3) is 33.2 Å².